The standard InChI is InChI=1S/C23H21ClN2O5/c1-13-9-15(3)21(17(24)10-13)26-20(27)12-31-23(29)16-7-6-14(2)18(11-16)25-22(28)19-5-4-8-30-19/h4-11H,12H2,1-3H3,(H,25,28)(H,26,27). The van der Waals surface area contributed by atoms with Gasteiger partial charge >= 0.3 is 5.97 Å². The van der Waals surface area contributed by atoms with Gasteiger partial charge in [-0.3, -0.25) is 9.59 Å². The van der Waals surface area contributed by atoms with Crippen LogP contribution in [0.4, 0.5) is 11.4 Å². The highest BCUT2D eigenvalue weighted by molar-refractivity contribution is 6.34. The molecule has 0 fully saturated rings. The van der Waals surface area contributed by atoms with Gasteiger partial charge in [-0.2, -0.15) is 0 Å². The Balaban J connectivity index is 1.63. The lowest BCUT2D eigenvalue weighted by Gasteiger charge is -2.12. The number of benzene rings is 2. The molecule has 0 spiro atoms. The van der Waals surface area contributed by atoms with Crippen molar-refractivity contribution in [3.63, 3.8) is 0 Å². The zero-order valence-corrected chi connectivity index (χ0v) is 18.0. The minimum atomic E-state index is -0.699. The van der Waals surface area contributed by atoms with Gasteiger partial charge in [0, 0.05) is 5.69 Å². The third kappa shape index (κ3) is 5.52. The number of esters is 1. The SMILES string of the molecule is Cc1cc(C)c(NC(=O)COC(=O)c2ccc(C)c(NC(=O)c3ccco3)c2)c(Cl)c1. The van der Waals surface area contributed by atoms with Crippen molar-refractivity contribution < 1.29 is 23.5 Å². The van der Waals surface area contributed by atoms with E-state index in [1.807, 2.05) is 19.9 Å². The Morgan fingerprint density at radius 3 is 2.45 bits per heavy atom. The van der Waals surface area contributed by atoms with Gasteiger partial charge in [0.05, 0.1) is 22.5 Å². The molecule has 0 aliphatic rings. The highest BCUT2D eigenvalue weighted by Crippen LogP contribution is 2.27. The van der Waals surface area contributed by atoms with Crippen molar-refractivity contribution in [2.45, 2.75) is 20.8 Å². The average molecular weight is 441 g/mol. The van der Waals surface area contributed by atoms with E-state index in [4.69, 9.17) is 20.8 Å². The number of ether oxygens (including phenoxy) is 1. The number of carbonyl (C=O) groups is 3. The van der Waals surface area contributed by atoms with Gasteiger partial charge in [-0.15, -0.1) is 0 Å². The van der Waals surface area contributed by atoms with Crippen LogP contribution in [0.25, 0.3) is 0 Å². The molecule has 2 N–H and O–H groups in total. The summed E-state index contributed by atoms with van der Waals surface area (Å²) in [7, 11) is 0. The number of rotatable bonds is 6. The molecule has 8 heteroatoms. The lowest BCUT2D eigenvalue weighted by molar-refractivity contribution is -0.119. The largest absolute Gasteiger partial charge is 0.459 e. The van der Waals surface area contributed by atoms with Crippen LogP contribution in [-0.2, 0) is 9.53 Å². The summed E-state index contributed by atoms with van der Waals surface area (Å²) in [4.78, 5) is 36.8. The van der Waals surface area contributed by atoms with Gasteiger partial charge in [-0.1, -0.05) is 23.7 Å². The molecular weight excluding hydrogens is 420 g/mol. The van der Waals surface area contributed by atoms with Crippen LogP contribution in [-0.4, -0.2) is 24.4 Å². The molecule has 3 aromatic rings. The zero-order valence-electron chi connectivity index (χ0n) is 17.2. The van der Waals surface area contributed by atoms with Crippen molar-refractivity contribution >= 4 is 40.8 Å². The summed E-state index contributed by atoms with van der Waals surface area (Å²) in [6, 6.07) is 11.5. The minimum Gasteiger partial charge on any atom is -0.459 e. The maximum atomic E-state index is 12.4. The molecule has 0 aliphatic heterocycles. The molecule has 160 valence electrons. The van der Waals surface area contributed by atoms with E-state index in [0.717, 1.165) is 16.7 Å². The molecule has 0 saturated carbocycles. The van der Waals surface area contributed by atoms with Crippen LogP contribution in [0.1, 0.15) is 37.6 Å². The Kier molecular flexibility index (Phi) is 6.77. The van der Waals surface area contributed by atoms with Gasteiger partial charge in [0.25, 0.3) is 11.8 Å². The second kappa shape index (κ2) is 9.49. The Morgan fingerprint density at radius 2 is 1.77 bits per heavy atom. The van der Waals surface area contributed by atoms with Gasteiger partial charge in [0.15, 0.2) is 12.4 Å². The fraction of sp³-hybridized carbons (Fsp3) is 0.174. The third-order valence-electron chi connectivity index (χ3n) is 4.50. The van der Waals surface area contributed by atoms with Crippen molar-refractivity contribution in [1.82, 2.24) is 0 Å². The van der Waals surface area contributed by atoms with E-state index in [-0.39, 0.29) is 11.3 Å². The van der Waals surface area contributed by atoms with Crippen LogP contribution >= 0.6 is 11.6 Å². The minimum absolute atomic E-state index is 0.147. The monoisotopic (exact) mass is 440 g/mol. The summed E-state index contributed by atoms with van der Waals surface area (Å²) in [5.74, 6) is -1.51. The highest BCUT2D eigenvalue weighted by atomic mass is 35.5. The number of carbonyl (C=O) groups excluding carboxylic acids is 3. The smallest absolute Gasteiger partial charge is 0.338 e. The molecule has 3 rings (SSSR count). The Bertz CT molecular complexity index is 1120. The van der Waals surface area contributed by atoms with Gasteiger partial charge < -0.3 is 19.8 Å². The molecule has 1 heterocycles. The molecule has 2 amide bonds. The fourth-order valence-corrected chi connectivity index (χ4v) is 3.31. The quantitative estimate of drug-likeness (QED) is 0.531. The van der Waals surface area contributed by atoms with Gasteiger partial charge in [0.1, 0.15) is 0 Å². The van der Waals surface area contributed by atoms with Crippen molar-refractivity contribution in [1.29, 1.82) is 0 Å². The maximum absolute atomic E-state index is 12.4. The van der Waals surface area contributed by atoms with E-state index in [1.165, 1.54) is 18.4 Å². The molecule has 0 aliphatic carbocycles. The van der Waals surface area contributed by atoms with Gasteiger partial charge in [0.2, 0.25) is 0 Å². The highest BCUT2D eigenvalue weighted by Gasteiger charge is 2.16. The summed E-state index contributed by atoms with van der Waals surface area (Å²) in [5, 5.41) is 5.76. The second-order valence-corrected chi connectivity index (χ2v) is 7.43. The number of nitrogens with one attached hydrogen (secondary N) is 2. The first kappa shape index (κ1) is 22.1. The molecule has 0 unspecified atom stereocenters. The maximum Gasteiger partial charge on any atom is 0.338 e. The summed E-state index contributed by atoms with van der Waals surface area (Å²) in [6.07, 6.45) is 1.39. The van der Waals surface area contributed by atoms with Gasteiger partial charge in [-0.05, 0) is 67.8 Å². The predicted molar refractivity (Wildman–Crippen MR) is 118 cm³/mol. The lowest BCUT2D eigenvalue weighted by Crippen LogP contribution is -2.21. The topological polar surface area (TPSA) is 97.6 Å². The van der Waals surface area contributed by atoms with Crippen LogP contribution in [0.5, 0.6) is 0 Å². The third-order valence-corrected chi connectivity index (χ3v) is 4.80. The molecular formula is C23H21ClN2O5. The molecule has 0 saturated heterocycles. The van der Waals surface area contributed by atoms with Crippen LogP contribution < -0.4 is 10.6 Å². The van der Waals surface area contributed by atoms with Gasteiger partial charge in [-0.25, -0.2) is 4.79 Å². The van der Waals surface area contributed by atoms with E-state index in [2.05, 4.69) is 10.6 Å². The first-order valence-corrected chi connectivity index (χ1v) is 9.81. The van der Waals surface area contributed by atoms with E-state index in [9.17, 15) is 14.4 Å². The molecule has 31 heavy (non-hydrogen) atoms. The summed E-state index contributed by atoms with van der Waals surface area (Å²) < 4.78 is 10.2. The number of halogens is 1. The van der Waals surface area contributed by atoms with Crippen LogP contribution in [0.2, 0.25) is 5.02 Å². The molecule has 7 nitrogen and oxygen atoms in total. The number of furan rings is 1. The van der Waals surface area contributed by atoms with Crippen LogP contribution in [0, 0.1) is 20.8 Å². The molecule has 0 atom stereocenters. The number of hydrogen-bond donors (Lipinski definition) is 2. The molecule has 2 aromatic carbocycles. The average Bonchev–Trinajstić information content (AvgIpc) is 3.25. The fourth-order valence-electron chi connectivity index (χ4n) is 2.94. The summed E-state index contributed by atoms with van der Waals surface area (Å²) >= 11 is 6.18. The Labute approximate surface area is 184 Å². The van der Waals surface area contributed by atoms with Crippen LogP contribution in [0.15, 0.2) is 53.1 Å². The molecule has 0 bridgehead atoms. The number of aryl methyl sites for hydroxylation is 3. The van der Waals surface area contributed by atoms with Crippen molar-refractivity contribution in [2.75, 3.05) is 17.2 Å². The summed E-state index contributed by atoms with van der Waals surface area (Å²) in [5.41, 5.74) is 3.63. The van der Waals surface area contributed by atoms with Crippen molar-refractivity contribution in [3.8, 4) is 0 Å². The van der Waals surface area contributed by atoms with E-state index >= 15 is 0 Å². The Morgan fingerprint density at radius 1 is 1.00 bits per heavy atom. The number of amides is 2. The zero-order chi connectivity index (χ0) is 22.5. The number of anilines is 2. The van der Waals surface area contributed by atoms with E-state index in [0.29, 0.717) is 16.4 Å². The van der Waals surface area contributed by atoms with E-state index in [1.54, 1.807) is 31.2 Å². The normalized spacial score (nSPS) is 10.5. The van der Waals surface area contributed by atoms with Crippen LogP contribution in [0.3, 0.4) is 0 Å². The molecule has 1 aromatic heterocycles. The molecule has 0 radical (unpaired) electrons. The second-order valence-electron chi connectivity index (χ2n) is 7.02. The van der Waals surface area contributed by atoms with Crippen molar-refractivity contribution in [3.05, 3.63) is 81.8 Å². The lowest BCUT2D eigenvalue weighted by atomic mass is 10.1. The predicted octanol–water partition coefficient (Wildman–Crippen LogP) is 4.91. The first-order chi connectivity index (χ1) is 14.7. The van der Waals surface area contributed by atoms with Crippen molar-refractivity contribution in [2.24, 2.45) is 0 Å². The summed E-state index contributed by atoms with van der Waals surface area (Å²) in [6.45, 7) is 5.03. The first-order valence-electron chi connectivity index (χ1n) is 9.44. The Hall–Kier alpha value is -3.58. The number of hydrogen-bond acceptors (Lipinski definition) is 5. The van der Waals surface area contributed by atoms with E-state index < -0.39 is 24.4 Å².